The van der Waals surface area contributed by atoms with Crippen molar-refractivity contribution in [3.05, 3.63) is 30.1 Å². The summed E-state index contributed by atoms with van der Waals surface area (Å²) in [5, 5.41) is 2.65. The number of rotatable bonds is 5. The van der Waals surface area contributed by atoms with Crippen molar-refractivity contribution in [2.75, 3.05) is 13.3 Å². The lowest BCUT2D eigenvalue weighted by molar-refractivity contribution is 0.457. The van der Waals surface area contributed by atoms with Gasteiger partial charge in [0.05, 0.1) is 5.25 Å². The summed E-state index contributed by atoms with van der Waals surface area (Å²) in [7, 11) is -1.27. The third-order valence-corrected chi connectivity index (χ3v) is 4.85. The number of nitrogens with one attached hydrogen (secondary N) is 1. The smallest absolute Gasteiger partial charge is 0.151 e. The van der Waals surface area contributed by atoms with Gasteiger partial charge in [0.1, 0.15) is 0 Å². The number of pyridine rings is 1. The summed E-state index contributed by atoms with van der Waals surface area (Å²) in [5.74, 6) is 0.0472. The molecular weight excluding hydrogens is 236 g/mol. The molecule has 0 saturated heterocycles. The zero-order valence-electron chi connectivity index (χ0n) is 10.7. The van der Waals surface area contributed by atoms with Crippen LogP contribution in [0.5, 0.6) is 0 Å². The Bertz CT molecular complexity index is 445. The van der Waals surface area contributed by atoms with Gasteiger partial charge < -0.3 is 5.32 Å². The van der Waals surface area contributed by atoms with Crippen LogP contribution in [0.15, 0.2) is 24.4 Å². The normalized spacial score (nSPS) is 17.4. The van der Waals surface area contributed by atoms with Gasteiger partial charge in [-0.2, -0.15) is 0 Å². The van der Waals surface area contributed by atoms with Crippen LogP contribution in [0.3, 0.4) is 0 Å². The van der Waals surface area contributed by atoms with E-state index in [0.29, 0.717) is 0 Å². The van der Waals surface area contributed by atoms with E-state index >= 15 is 0 Å². The summed E-state index contributed by atoms with van der Waals surface area (Å²) in [6.07, 6.45) is 3.00. The minimum absolute atomic E-state index is 0.0472. The van der Waals surface area contributed by atoms with Gasteiger partial charge in [-0.1, -0.05) is 13.0 Å². The van der Waals surface area contributed by atoms with Gasteiger partial charge in [-0.25, -0.2) is 8.42 Å². The number of hydrogen-bond acceptors (Lipinski definition) is 4. The van der Waals surface area contributed by atoms with Crippen LogP contribution in [0, 0.1) is 0 Å². The molecule has 0 amide bonds. The van der Waals surface area contributed by atoms with E-state index < -0.39 is 15.1 Å². The zero-order valence-corrected chi connectivity index (χ0v) is 11.5. The average molecular weight is 256 g/mol. The predicted molar refractivity (Wildman–Crippen MR) is 69.8 cm³/mol. The molecule has 0 radical (unpaired) electrons. The molecule has 1 aromatic heterocycles. The van der Waals surface area contributed by atoms with Crippen LogP contribution in [-0.4, -0.2) is 38.0 Å². The molecule has 1 heterocycles. The van der Waals surface area contributed by atoms with Crippen LogP contribution in [0.2, 0.25) is 0 Å². The molecule has 0 aliphatic heterocycles. The zero-order chi connectivity index (χ0) is 13.1. The van der Waals surface area contributed by atoms with Crippen LogP contribution in [-0.2, 0) is 9.84 Å². The van der Waals surface area contributed by atoms with E-state index in [9.17, 15) is 8.42 Å². The number of nitrogens with zero attached hydrogens (tertiary/aromatic N) is 1. The van der Waals surface area contributed by atoms with Crippen molar-refractivity contribution in [2.24, 2.45) is 0 Å². The van der Waals surface area contributed by atoms with E-state index in [4.69, 9.17) is 0 Å². The van der Waals surface area contributed by atoms with E-state index in [-0.39, 0.29) is 12.0 Å². The lowest BCUT2D eigenvalue weighted by Crippen LogP contribution is -2.44. The van der Waals surface area contributed by atoms with Gasteiger partial charge in [0, 0.05) is 30.1 Å². The molecule has 0 spiro atoms. The molecular formula is C12H20N2O2S. The predicted octanol–water partition coefficient (Wildman–Crippen LogP) is 1.21. The minimum Gasteiger partial charge on any atom is -0.315 e. The molecule has 0 aromatic carbocycles. The monoisotopic (exact) mass is 256 g/mol. The van der Waals surface area contributed by atoms with Gasteiger partial charge >= 0.3 is 0 Å². The van der Waals surface area contributed by atoms with Gasteiger partial charge in [0.15, 0.2) is 9.84 Å². The third-order valence-electron chi connectivity index (χ3n) is 3.21. The van der Waals surface area contributed by atoms with Crippen LogP contribution in [0.1, 0.15) is 25.5 Å². The summed E-state index contributed by atoms with van der Waals surface area (Å²) in [6, 6.07) is 5.55. The van der Waals surface area contributed by atoms with Gasteiger partial charge in [0.25, 0.3) is 0 Å². The Morgan fingerprint density at radius 1 is 1.29 bits per heavy atom. The van der Waals surface area contributed by atoms with Crippen molar-refractivity contribution < 1.29 is 8.42 Å². The first-order chi connectivity index (χ1) is 7.88. The third kappa shape index (κ3) is 3.51. The first-order valence-electron chi connectivity index (χ1n) is 5.65. The van der Waals surface area contributed by atoms with Gasteiger partial charge in [-0.3, -0.25) is 4.98 Å². The minimum atomic E-state index is -3.06. The Kier molecular flexibility index (Phi) is 4.65. The van der Waals surface area contributed by atoms with Crippen molar-refractivity contribution in [3.8, 4) is 0 Å². The lowest BCUT2D eigenvalue weighted by Gasteiger charge is -2.27. The van der Waals surface area contributed by atoms with Crippen LogP contribution in [0.25, 0.3) is 0 Å². The highest BCUT2D eigenvalue weighted by atomic mass is 32.2. The Morgan fingerprint density at radius 3 is 2.35 bits per heavy atom. The Balaban J connectivity index is 2.96. The van der Waals surface area contributed by atoms with Crippen molar-refractivity contribution in [2.45, 2.75) is 31.1 Å². The van der Waals surface area contributed by atoms with Crippen molar-refractivity contribution in [1.29, 1.82) is 0 Å². The second kappa shape index (κ2) is 5.60. The van der Waals surface area contributed by atoms with Gasteiger partial charge in [0.2, 0.25) is 0 Å². The highest BCUT2D eigenvalue weighted by Crippen LogP contribution is 2.21. The fraction of sp³-hybridized carbons (Fsp3) is 0.583. The summed E-state index contributed by atoms with van der Waals surface area (Å²) in [5.41, 5.74) is 0.905. The highest BCUT2D eigenvalue weighted by Gasteiger charge is 2.30. The van der Waals surface area contributed by atoms with Gasteiger partial charge in [-0.15, -0.1) is 0 Å². The van der Waals surface area contributed by atoms with Crippen LogP contribution < -0.4 is 5.32 Å². The second-order valence-electron chi connectivity index (χ2n) is 4.39. The van der Waals surface area contributed by atoms with E-state index in [2.05, 4.69) is 10.3 Å². The van der Waals surface area contributed by atoms with Crippen molar-refractivity contribution >= 4 is 9.84 Å². The van der Waals surface area contributed by atoms with Crippen LogP contribution >= 0.6 is 0 Å². The molecule has 0 saturated carbocycles. The first kappa shape index (κ1) is 14.1. The van der Waals surface area contributed by atoms with E-state index in [1.165, 1.54) is 6.26 Å². The lowest BCUT2D eigenvalue weighted by atomic mass is 9.95. The summed E-state index contributed by atoms with van der Waals surface area (Å²) >= 11 is 0. The topological polar surface area (TPSA) is 59.1 Å². The number of sulfone groups is 1. The molecule has 3 unspecified atom stereocenters. The van der Waals surface area contributed by atoms with E-state index in [1.54, 1.807) is 20.2 Å². The molecule has 5 heteroatoms. The molecule has 1 aromatic rings. The fourth-order valence-electron chi connectivity index (χ4n) is 1.99. The molecule has 1 rings (SSSR count). The molecule has 0 fully saturated rings. The maximum absolute atomic E-state index is 11.6. The Labute approximate surface area is 103 Å². The van der Waals surface area contributed by atoms with Crippen molar-refractivity contribution in [3.63, 3.8) is 0 Å². The largest absolute Gasteiger partial charge is 0.315 e. The first-order valence-corrected chi connectivity index (χ1v) is 7.60. The molecule has 1 N–H and O–H groups in total. The molecule has 4 nitrogen and oxygen atoms in total. The summed E-state index contributed by atoms with van der Waals surface area (Å²) < 4.78 is 23.2. The quantitative estimate of drug-likeness (QED) is 0.860. The molecule has 17 heavy (non-hydrogen) atoms. The van der Waals surface area contributed by atoms with E-state index in [0.717, 1.165) is 5.69 Å². The highest BCUT2D eigenvalue weighted by molar-refractivity contribution is 7.91. The summed E-state index contributed by atoms with van der Waals surface area (Å²) in [6.45, 7) is 3.72. The standard InChI is InChI=1S/C12H20N2O2S/c1-9(11-7-5-6-8-14-11)12(13-3)10(2)17(4,15)16/h5-10,12-13H,1-4H3. The van der Waals surface area contributed by atoms with Crippen molar-refractivity contribution in [1.82, 2.24) is 10.3 Å². The maximum atomic E-state index is 11.6. The van der Waals surface area contributed by atoms with Crippen LogP contribution in [0.4, 0.5) is 0 Å². The number of aromatic nitrogens is 1. The summed E-state index contributed by atoms with van der Waals surface area (Å²) in [4.78, 5) is 4.28. The Hall–Kier alpha value is -0.940. The molecule has 3 atom stereocenters. The van der Waals surface area contributed by atoms with E-state index in [1.807, 2.05) is 25.1 Å². The average Bonchev–Trinajstić information content (AvgIpc) is 2.29. The molecule has 0 aliphatic carbocycles. The SMILES string of the molecule is CNC(C(C)c1ccccn1)C(C)S(C)(=O)=O. The second-order valence-corrected chi connectivity index (χ2v) is 6.80. The maximum Gasteiger partial charge on any atom is 0.151 e. The van der Waals surface area contributed by atoms with Gasteiger partial charge in [-0.05, 0) is 26.1 Å². The Morgan fingerprint density at radius 2 is 1.94 bits per heavy atom. The molecule has 0 aliphatic rings. The number of hydrogen-bond donors (Lipinski definition) is 1. The molecule has 96 valence electrons. The molecule has 0 bridgehead atoms. The number of likely N-dealkylation sites (N-methyl/N-ethyl adjacent to an activating group) is 1. The fourth-order valence-corrected chi connectivity index (χ4v) is 2.89.